The van der Waals surface area contributed by atoms with E-state index in [0.717, 1.165) is 23.1 Å². The number of hydrogen-bond donors (Lipinski definition) is 2. The average Bonchev–Trinajstić information content (AvgIpc) is 2.71. The summed E-state index contributed by atoms with van der Waals surface area (Å²) in [4.78, 5) is 38.0. The summed E-state index contributed by atoms with van der Waals surface area (Å²) in [5.41, 5.74) is -1.36. The van der Waals surface area contributed by atoms with Crippen molar-refractivity contribution >= 4 is 29.2 Å². The summed E-state index contributed by atoms with van der Waals surface area (Å²) in [6.45, 7) is 0.782. The first kappa shape index (κ1) is 21.9. The minimum Gasteiger partial charge on any atom is -0.507 e. The van der Waals surface area contributed by atoms with Gasteiger partial charge in [-0.25, -0.2) is 4.79 Å². The lowest BCUT2D eigenvalue weighted by molar-refractivity contribution is -0.137. The number of amides is 2. The molecule has 1 heterocycles. The third kappa shape index (κ3) is 4.55. The lowest BCUT2D eigenvalue weighted by Gasteiger charge is -2.31. The number of carbonyl (C=O) groups excluding carboxylic acids is 3. The lowest BCUT2D eigenvalue weighted by Crippen LogP contribution is -2.47. The molecule has 8 nitrogen and oxygen atoms in total. The fraction of sp³-hybridized carbons (Fsp3) is 0.250. The molecule has 0 aliphatic carbocycles. The minimum absolute atomic E-state index is 0.0350. The van der Waals surface area contributed by atoms with Crippen molar-refractivity contribution < 1.29 is 42.1 Å². The molecule has 11 heteroatoms. The van der Waals surface area contributed by atoms with Crippen molar-refractivity contribution in [1.29, 1.82) is 0 Å². The first-order chi connectivity index (χ1) is 14.5. The smallest absolute Gasteiger partial charge is 0.416 e. The van der Waals surface area contributed by atoms with Gasteiger partial charge in [-0.15, -0.1) is 0 Å². The Morgan fingerprint density at radius 2 is 1.90 bits per heavy atom. The standard InChI is InChI=1S/C20H17F3N2O6/c1-10(31-19(29)13-5-4-12(30-2)8-16(13)26)18(28)25-9-17(27)24-14-7-11(20(21,22)23)3-6-15(14)25/h3-8,10,26H,9H2,1-2H3,(H,24,27). The molecule has 0 fully saturated rings. The molecular formula is C20H17F3N2O6. The highest BCUT2D eigenvalue weighted by atomic mass is 19.4. The molecule has 1 unspecified atom stereocenters. The monoisotopic (exact) mass is 438 g/mol. The summed E-state index contributed by atoms with van der Waals surface area (Å²) in [5, 5.41) is 12.2. The largest absolute Gasteiger partial charge is 0.507 e. The zero-order valence-corrected chi connectivity index (χ0v) is 16.3. The van der Waals surface area contributed by atoms with E-state index in [4.69, 9.17) is 9.47 Å². The maximum Gasteiger partial charge on any atom is 0.416 e. The van der Waals surface area contributed by atoms with E-state index in [1.165, 1.54) is 32.2 Å². The second-order valence-corrected chi connectivity index (χ2v) is 6.63. The van der Waals surface area contributed by atoms with Crippen molar-refractivity contribution in [2.24, 2.45) is 0 Å². The normalized spacial score (nSPS) is 14.4. The molecule has 0 saturated heterocycles. The van der Waals surface area contributed by atoms with Gasteiger partial charge < -0.3 is 19.9 Å². The van der Waals surface area contributed by atoms with Crippen LogP contribution in [0.15, 0.2) is 36.4 Å². The van der Waals surface area contributed by atoms with Crippen molar-refractivity contribution in [1.82, 2.24) is 0 Å². The van der Waals surface area contributed by atoms with Gasteiger partial charge in [-0.1, -0.05) is 0 Å². The Bertz CT molecular complexity index is 1050. The number of alkyl halides is 3. The number of hydrogen-bond acceptors (Lipinski definition) is 6. The van der Waals surface area contributed by atoms with E-state index in [2.05, 4.69) is 5.32 Å². The van der Waals surface area contributed by atoms with Crippen molar-refractivity contribution in [3.8, 4) is 11.5 Å². The third-order valence-electron chi connectivity index (χ3n) is 4.51. The number of benzene rings is 2. The Hall–Kier alpha value is -3.76. The number of ether oxygens (including phenoxy) is 2. The summed E-state index contributed by atoms with van der Waals surface area (Å²) in [5.74, 6) is -2.66. The van der Waals surface area contributed by atoms with Crippen molar-refractivity contribution in [3.63, 3.8) is 0 Å². The lowest BCUT2D eigenvalue weighted by atomic mass is 10.1. The molecule has 2 N–H and O–H groups in total. The number of rotatable bonds is 4. The molecule has 3 rings (SSSR count). The van der Waals surface area contributed by atoms with Gasteiger partial charge in [0.25, 0.3) is 5.91 Å². The number of nitrogens with zero attached hydrogens (tertiary/aromatic N) is 1. The number of anilines is 2. The summed E-state index contributed by atoms with van der Waals surface area (Å²) in [6.07, 6.45) is -6.02. The molecule has 31 heavy (non-hydrogen) atoms. The Labute approximate surface area is 174 Å². The summed E-state index contributed by atoms with van der Waals surface area (Å²) >= 11 is 0. The van der Waals surface area contributed by atoms with Crippen LogP contribution in [-0.2, 0) is 20.5 Å². The Morgan fingerprint density at radius 1 is 1.19 bits per heavy atom. The van der Waals surface area contributed by atoms with E-state index in [-0.39, 0.29) is 16.9 Å². The van der Waals surface area contributed by atoms with E-state index in [0.29, 0.717) is 5.75 Å². The number of carbonyl (C=O) groups is 3. The van der Waals surface area contributed by atoms with Gasteiger partial charge in [0, 0.05) is 6.07 Å². The molecule has 2 amide bonds. The van der Waals surface area contributed by atoms with Gasteiger partial charge in [0.1, 0.15) is 23.6 Å². The maximum absolute atomic E-state index is 12.9. The Morgan fingerprint density at radius 3 is 2.52 bits per heavy atom. The number of nitrogens with one attached hydrogen (secondary N) is 1. The highest BCUT2D eigenvalue weighted by Crippen LogP contribution is 2.37. The van der Waals surface area contributed by atoms with E-state index >= 15 is 0 Å². The van der Waals surface area contributed by atoms with Crippen molar-refractivity contribution in [3.05, 3.63) is 47.5 Å². The van der Waals surface area contributed by atoms with Crippen LogP contribution < -0.4 is 15.0 Å². The highest BCUT2D eigenvalue weighted by molar-refractivity contribution is 6.11. The molecule has 0 bridgehead atoms. The zero-order chi connectivity index (χ0) is 22.9. The van der Waals surface area contributed by atoms with Crippen LogP contribution in [0.1, 0.15) is 22.8 Å². The van der Waals surface area contributed by atoms with Gasteiger partial charge in [-0.05, 0) is 37.3 Å². The van der Waals surface area contributed by atoms with Crippen molar-refractivity contribution in [2.45, 2.75) is 19.2 Å². The fourth-order valence-electron chi connectivity index (χ4n) is 2.97. The van der Waals surface area contributed by atoms with E-state index < -0.39 is 47.9 Å². The van der Waals surface area contributed by atoms with Gasteiger partial charge >= 0.3 is 12.1 Å². The number of halogens is 3. The third-order valence-corrected chi connectivity index (χ3v) is 4.51. The number of phenolic OH excluding ortho intramolecular Hbond substituents is 1. The van der Waals surface area contributed by atoms with Crippen molar-refractivity contribution in [2.75, 3.05) is 23.9 Å². The molecule has 1 aliphatic rings. The Balaban J connectivity index is 1.81. The maximum atomic E-state index is 12.9. The van der Waals surface area contributed by atoms with Crippen LogP contribution in [0, 0.1) is 0 Å². The number of methoxy groups -OCH3 is 1. The predicted molar refractivity (Wildman–Crippen MR) is 102 cm³/mol. The number of phenols is 1. The van der Waals surface area contributed by atoms with Crippen LogP contribution in [0.5, 0.6) is 11.5 Å². The predicted octanol–water partition coefficient (Wildman–Crippen LogP) is 2.95. The molecule has 0 aromatic heterocycles. The molecule has 2 aromatic carbocycles. The Kier molecular flexibility index (Phi) is 5.78. The van der Waals surface area contributed by atoms with Crippen LogP contribution >= 0.6 is 0 Å². The molecular weight excluding hydrogens is 421 g/mol. The van der Waals surface area contributed by atoms with Gasteiger partial charge in [0.05, 0.1) is 24.0 Å². The quantitative estimate of drug-likeness (QED) is 0.712. The van der Waals surface area contributed by atoms with Crippen LogP contribution in [0.4, 0.5) is 24.5 Å². The second-order valence-electron chi connectivity index (χ2n) is 6.63. The number of esters is 1. The molecule has 0 radical (unpaired) electrons. The van der Waals surface area contributed by atoms with E-state index in [1.807, 2.05) is 0 Å². The molecule has 1 aliphatic heterocycles. The molecule has 0 saturated carbocycles. The summed E-state index contributed by atoms with van der Waals surface area (Å²) in [6, 6.07) is 6.40. The van der Waals surface area contributed by atoms with Gasteiger partial charge in [0.15, 0.2) is 6.10 Å². The van der Waals surface area contributed by atoms with Crippen LogP contribution in [0.3, 0.4) is 0 Å². The van der Waals surface area contributed by atoms with E-state index in [1.54, 1.807) is 0 Å². The zero-order valence-electron chi connectivity index (χ0n) is 16.3. The minimum atomic E-state index is -4.63. The van der Waals surface area contributed by atoms with Crippen LogP contribution in [-0.4, -0.2) is 42.6 Å². The van der Waals surface area contributed by atoms with Gasteiger partial charge in [-0.2, -0.15) is 13.2 Å². The second kappa shape index (κ2) is 8.17. The first-order valence-corrected chi connectivity index (χ1v) is 8.91. The SMILES string of the molecule is COc1ccc(C(=O)OC(C)C(=O)N2CC(=O)Nc3cc(C(F)(F)F)ccc32)c(O)c1. The van der Waals surface area contributed by atoms with Crippen LogP contribution in [0.2, 0.25) is 0 Å². The van der Waals surface area contributed by atoms with Gasteiger partial charge in [-0.3, -0.25) is 14.5 Å². The molecule has 0 spiro atoms. The average molecular weight is 438 g/mol. The highest BCUT2D eigenvalue weighted by Gasteiger charge is 2.35. The summed E-state index contributed by atoms with van der Waals surface area (Å²) < 4.78 is 48.8. The number of fused-ring (bicyclic) bond motifs is 1. The fourth-order valence-corrected chi connectivity index (χ4v) is 2.97. The van der Waals surface area contributed by atoms with E-state index in [9.17, 15) is 32.7 Å². The molecule has 1 atom stereocenters. The molecule has 2 aromatic rings. The topological polar surface area (TPSA) is 105 Å². The number of aromatic hydroxyl groups is 1. The van der Waals surface area contributed by atoms with Gasteiger partial charge in [0.2, 0.25) is 5.91 Å². The van der Waals surface area contributed by atoms with Crippen LogP contribution in [0.25, 0.3) is 0 Å². The first-order valence-electron chi connectivity index (χ1n) is 8.91. The summed E-state index contributed by atoms with van der Waals surface area (Å²) in [7, 11) is 1.37. The molecule has 164 valence electrons.